The first-order valence-corrected chi connectivity index (χ1v) is 5.38. The number of hydrogen-bond donors (Lipinski definition) is 1. The average Bonchev–Trinajstić information content (AvgIpc) is 2.05. The molecule has 13 heavy (non-hydrogen) atoms. The standard InChI is InChI=1S/C8H13IN2O2/c1-4-11(7(12)6(2)3)8(13)10-5-9/h2,4-5H2,1,3H3,(H,10,13). The molecule has 4 nitrogen and oxygen atoms in total. The summed E-state index contributed by atoms with van der Waals surface area (Å²) in [6.45, 7) is 7.18. The second-order valence-electron chi connectivity index (χ2n) is 2.45. The van der Waals surface area contributed by atoms with Gasteiger partial charge in [0.1, 0.15) is 0 Å². The largest absolute Gasteiger partial charge is 0.329 e. The number of hydrogen-bond acceptors (Lipinski definition) is 2. The summed E-state index contributed by atoms with van der Waals surface area (Å²) >= 11 is 2.00. The number of halogens is 1. The van der Waals surface area contributed by atoms with Gasteiger partial charge in [-0.15, -0.1) is 0 Å². The monoisotopic (exact) mass is 296 g/mol. The zero-order valence-electron chi connectivity index (χ0n) is 7.76. The van der Waals surface area contributed by atoms with E-state index in [1.807, 2.05) is 22.6 Å². The summed E-state index contributed by atoms with van der Waals surface area (Å²) < 4.78 is 0.483. The number of amides is 3. The van der Waals surface area contributed by atoms with E-state index in [1.165, 1.54) is 0 Å². The third-order valence-corrected chi connectivity index (χ3v) is 1.77. The number of nitrogens with one attached hydrogen (secondary N) is 1. The van der Waals surface area contributed by atoms with Gasteiger partial charge in [-0.05, 0) is 13.8 Å². The highest BCUT2D eigenvalue weighted by molar-refractivity contribution is 14.1. The molecule has 0 heterocycles. The topological polar surface area (TPSA) is 49.4 Å². The van der Waals surface area contributed by atoms with Crippen LogP contribution in [0.5, 0.6) is 0 Å². The Kier molecular flexibility index (Phi) is 5.68. The molecule has 0 aromatic rings. The number of carbonyl (C=O) groups excluding carboxylic acids is 2. The minimum atomic E-state index is -0.370. The molecule has 1 N–H and O–H groups in total. The number of imide groups is 1. The molecule has 0 aliphatic heterocycles. The molecule has 0 unspecified atom stereocenters. The summed E-state index contributed by atoms with van der Waals surface area (Å²) in [5, 5.41) is 2.54. The molecule has 5 heteroatoms. The van der Waals surface area contributed by atoms with Gasteiger partial charge in [0, 0.05) is 12.1 Å². The predicted molar refractivity (Wildman–Crippen MR) is 59.6 cm³/mol. The highest BCUT2D eigenvalue weighted by atomic mass is 127. The Morgan fingerprint density at radius 1 is 1.54 bits per heavy atom. The molecule has 0 fully saturated rings. The van der Waals surface area contributed by atoms with Crippen LogP contribution in [0, 0.1) is 0 Å². The van der Waals surface area contributed by atoms with Crippen molar-refractivity contribution in [2.75, 3.05) is 11.1 Å². The van der Waals surface area contributed by atoms with Gasteiger partial charge in [0.05, 0.1) is 4.55 Å². The Morgan fingerprint density at radius 3 is 2.38 bits per heavy atom. The molecule has 0 aliphatic rings. The van der Waals surface area contributed by atoms with Gasteiger partial charge in [-0.3, -0.25) is 9.69 Å². The van der Waals surface area contributed by atoms with Crippen LogP contribution < -0.4 is 5.32 Å². The lowest BCUT2D eigenvalue weighted by atomic mass is 10.3. The third-order valence-electron chi connectivity index (χ3n) is 1.39. The Balaban J connectivity index is 4.41. The second kappa shape index (κ2) is 5.95. The maximum absolute atomic E-state index is 11.4. The first-order valence-electron chi connectivity index (χ1n) is 3.85. The molecular weight excluding hydrogens is 283 g/mol. The molecule has 3 amide bonds. The number of alkyl halides is 1. The first-order chi connectivity index (χ1) is 6.04. The fraction of sp³-hybridized carbons (Fsp3) is 0.500. The van der Waals surface area contributed by atoms with Crippen LogP contribution >= 0.6 is 22.6 Å². The summed E-state index contributed by atoms with van der Waals surface area (Å²) in [6.07, 6.45) is 0. The summed E-state index contributed by atoms with van der Waals surface area (Å²) in [5.41, 5.74) is 0.366. The number of carbonyl (C=O) groups is 2. The lowest BCUT2D eigenvalue weighted by Gasteiger charge is -2.18. The maximum Gasteiger partial charge on any atom is 0.324 e. The van der Waals surface area contributed by atoms with E-state index in [1.54, 1.807) is 13.8 Å². The Bertz CT molecular complexity index is 228. The molecule has 0 radical (unpaired) electrons. The van der Waals surface area contributed by atoms with Crippen molar-refractivity contribution in [3.8, 4) is 0 Å². The van der Waals surface area contributed by atoms with Crippen LogP contribution in [0.4, 0.5) is 4.79 Å². The Labute approximate surface area is 91.5 Å². The maximum atomic E-state index is 11.4. The van der Waals surface area contributed by atoms with Crippen molar-refractivity contribution in [1.29, 1.82) is 0 Å². The van der Waals surface area contributed by atoms with Crippen molar-refractivity contribution >= 4 is 34.5 Å². The number of nitrogens with zero attached hydrogens (tertiary/aromatic N) is 1. The normalized spacial score (nSPS) is 9.15. The quantitative estimate of drug-likeness (QED) is 0.371. The van der Waals surface area contributed by atoms with E-state index in [0.29, 0.717) is 16.7 Å². The van der Waals surface area contributed by atoms with Crippen molar-refractivity contribution < 1.29 is 9.59 Å². The molecule has 0 aliphatic carbocycles. The lowest BCUT2D eigenvalue weighted by Crippen LogP contribution is -2.43. The molecule has 0 saturated heterocycles. The van der Waals surface area contributed by atoms with Gasteiger partial charge in [-0.25, -0.2) is 4.79 Å². The molecule has 0 atom stereocenters. The van der Waals surface area contributed by atoms with Crippen LogP contribution in [0.3, 0.4) is 0 Å². The van der Waals surface area contributed by atoms with E-state index in [9.17, 15) is 9.59 Å². The molecule has 74 valence electrons. The SMILES string of the molecule is C=C(C)C(=O)N(CC)C(=O)NCI. The summed E-state index contributed by atoms with van der Waals surface area (Å²) in [4.78, 5) is 23.7. The van der Waals surface area contributed by atoms with Crippen LogP contribution in [0.1, 0.15) is 13.8 Å². The number of urea groups is 1. The fourth-order valence-corrected chi connectivity index (χ4v) is 1.09. The molecule has 0 spiro atoms. The van der Waals surface area contributed by atoms with Crippen LogP contribution in [-0.4, -0.2) is 27.9 Å². The van der Waals surface area contributed by atoms with Gasteiger partial charge in [-0.1, -0.05) is 29.2 Å². The van der Waals surface area contributed by atoms with E-state index in [0.717, 1.165) is 4.90 Å². The van der Waals surface area contributed by atoms with Gasteiger partial charge in [0.15, 0.2) is 0 Å². The minimum absolute atomic E-state index is 0.329. The smallest absolute Gasteiger partial charge is 0.324 e. The highest BCUT2D eigenvalue weighted by Crippen LogP contribution is 1.99. The fourth-order valence-electron chi connectivity index (χ4n) is 0.762. The molecule has 0 aromatic carbocycles. The predicted octanol–water partition coefficient (Wildman–Crippen LogP) is 1.51. The summed E-state index contributed by atoms with van der Waals surface area (Å²) in [6, 6.07) is -0.370. The van der Waals surface area contributed by atoms with E-state index in [4.69, 9.17) is 0 Å². The second-order valence-corrected chi connectivity index (χ2v) is 3.21. The third kappa shape index (κ3) is 3.75. The first kappa shape index (κ1) is 12.4. The van der Waals surface area contributed by atoms with E-state index in [2.05, 4.69) is 11.9 Å². The lowest BCUT2D eigenvalue weighted by molar-refractivity contribution is -0.124. The molecule has 0 aromatic heterocycles. The van der Waals surface area contributed by atoms with Crippen LogP contribution in [-0.2, 0) is 4.79 Å². The van der Waals surface area contributed by atoms with Crippen molar-refractivity contribution in [1.82, 2.24) is 10.2 Å². The Morgan fingerprint density at radius 2 is 2.08 bits per heavy atom. The van der Waals surface area contributed by atoms with E-state index < -0.39 is 0 Å². The Hall–Kier alpha value is -0.590. The van der Waals surface area contributed by atoms with E-state index in [-0.39, 0.29) is 11.9 Å². The van der Waals surface area contributed by atoms with Crippen molar-refractivity contribution in [3.05, 3.63) is 12.2 Å². The van der Waals surface area contributed by atoms with Crippen molar-refractivity contribution in [2.45, 2.75) is 13.8 Å². The van der Waals surface area contributed by atoms with Crippen LogP contribution in [0.2, 0.25) is 0 Å². The van der Waals surface area contributed by atoms with Crippen LogP contribution in [0.15, 0.2) is 12.2 Å². The zero-order valence-corrected chi connectivity index (χ0v) is 9.92. The molecule has 0 saturated carbocycles. The molecule has 0 bridgehead atoms. The average molecular weight is 296 g/mol. The summed E-state index contributed by atoms with van der Waals surface area (Å²) in [7, 11) is 0. The number of rotatable bonds is 3. The van der Waals surface area contributed by atoms with Gasteiger partial charge in [0.25, 0.3) is 5.91 Å². The number of likely N-dealkylation sites (N-methyl/N-ethyl adjacent to an activating group) is 1. The highest BCUT2D eigenvalue weighted by Gasteiger charge is 2.18. The van der Waals surface area contributed by atoms with Gasteiger partial charge in [-0.2, -0.15) is 0 Å². The van der Waals surface area contributed by atoms with Crippen molar-refractivity contribution in [2.24, 2.45) is 0 Å². The summed E-state index contributed by atoms with van der Waals surface area (Å²) in [5.74, 6) is -0.329. The molecule has 0 rings (SSSR count). The van der Waals surface area contributed by atoms with Gasteiger partial charge >= 0.3 is 6.03 Å². The van der Waals surface area contributed by atoms with Crippen LogP contribution in [0.25, 0.3) is 0 Å². The minimum Gasteiger partial charge on any atom is -0.329 e. The molecular formula is C8H13IN2O2. The van der Waals surface area contributed by atoms with Gasteiger partial charge in [0.2, 0.25) is 0 Å². The van der Waals surface area contributed by atoms with Crippen molar-refractivity contribution in [3.63, 3.8) is 0 Å². The van der Waals surface area contributed by atoms with E-state index >= 15 is 0 Å². The zero-order chi connectivity index (χ0) is 10.4. The van der Waals surface area contributed by atoms with Gasteiger partial charge < -0.3 is 5.32 Å².